The van der Waals surface area contributed by atoms with E-state index in [-0.39, 0.29) is 23.1 Å². The standard InChI is InChI=1S/C26H28FN5OS/c1-26(2)13-20-22(21(33)14-26)23(16-9-11-18(12-10-16)31(3)4)32-24(28-20)29-25(30-32)34-15-17-7-5-6-8-19(17)27/h5-12,23H,13-15H2,1-4H3,(H,28,29,30). The van der Waals surface area contributed by atoms with Crippen molar-refractivity contribution in [3.8, 4) is 0 Å². The maximum atomic E-state index is 14.1. The molecule has 8 heteroatoms. The lowest BCUT2D eigenvalue weighted by Gasteiger charge is -2.38. The number of ketones is 1. The number of allylic oxidation sites excluding steroid dienone is 2. The van der Waals surface area contributed by atoms with E-state index in [1.54, 1.807) is 12.1 Å². The highest BCUT2D eigenvalue weighted by Gasteiger charge is 2.41. The molecule has 0 saturated carbocycles. The van der Waals surface area contributed by atoms with Gasteiger partial charge < -0.3 is 10.2 Å². The monoisotopic (exact) mass is 477 g/mol. The van der Waals surface area contributed by atoms with Crippen molar-refractivity contribution in [3.63, 3.8) is 0 Å². The van der Waals surface area contributed by atoms with Crippen LogP contribution in [0.3, 0.4) is 0 Å². The fourth-order valence-corrected chi connectivity index (χ4v) is 5.49. The fraction of sp³-hybridized carbons (Fsp3) is 0.346. The molecule has 0 radical (unpaired) electrons. The first kappa shape index (κ1) is 22.7. The van der Waals surface area contributed by atoms with E-state index < -0.39 is 0 Å². The van der Waals surface area contributed by atoms with Gasteiger partial charge in [0, 0.05) is 43.2 Å². The number of halogens is 1. The van der Waals surface area contributed by atoms with Crippen LogP contribution in [0.15, 0.2) is 65.0 Å². The third-order valence-corrected chi connectivity index (χ3v) is 7.24. The quantitative estimate of drug-likeness (QED) is 0.494. The Labute approximate surface area is 203 Å². The van der Waals surface area contributed by atoms with Crippen LogP contribution in [-0.4, -0.2) is 34.6 Å². The average molecular weight is 478 g/mol. The summed E-state index contributed by atoms with van der Waals surface area (Å²) in [5, 5.41) is 8.70. The Morgan fingerprint density at radius 3 is 2.59 bits per heavy atom. The maximum absolute atomic E-state index is 14.1. The Morgan fingerprint density at radius 2 is 1.88 bits per heavy atom. The number of hydrogen-bond acceptors (Lipinski definition) is 6. The number of carbonyl (C=O) groups is 1. The predicted octanol–water partition coefficient (Wildman–Crippen LogP) is 5.43. The maximum Gasteiger partial charge on any atom is 0.227 e. The Hall–Kier alpha value is -3.13. The van der Waals surface area contributed by atoms with Crippen LogP contribution < -0.4 is 10.2 Å². The van der Waals surface area contributed by atoms with Crippen LogP contribution >= 0.6 is 11.8 Å². The van der Waals surface area contributed by atoms with Gasteiger partial charge in [0.05, 0.1) is 0 Å². The van der Waals surface area contributed by atoms with Gasteiger partial charge in [0.2, 0.25) is 11.1 Å². The largest absolute Gasteiger partial charge is 0.378 e. The first-order valence-corrected chi connectivity index (χ1v) is 12.3. The van der Waals surface area contributed by atoms with Gasteiger partial charge in [-0.05, 0) is 41.2 Å². The van der Waals surface area contributed by atoms with E-state index in [9.17, 15) is 9.18 Å². The van der Waals surface area contributed by atoms with Crippen LogP contribution in [0, 0.1) is 11.2 Å². The van der Waals surface area contributed by atoms with Crippen LogP contribution in [0.1, 0.15) is 43.9 Å². The summed E-state index contributed by atoms with van der Waals surface area (Å²) in [6.07, 6.45) is 1.27. The van der Waals surface area contributed by atoms with Crippen LogP contribution in [0.5, 0.6) is 0 Å². The molecule has 34 heavy (non-hydrogen) atoms. The number of nitrogens with one attached hydrogen (secondary N) is 1. The third-order valence-electron chi connectivity index (χ3n) is 6.35. The molecule has 0 bridgehead atoms. The molecular weight excluding hydrogens is 449 g/mol. The van der Waals surface area contributed by atoms with Gasteiger partial charge in [-0.2, -0.15) is 4.98 Å². The molecule has 1 aliphatic heterocycles. The van der Waals surface area contributed by atoms with Gasteiger partial charge in [0.25, 0.3) is 0 Å². The molecule has 1 aromatic heterocycles. The van der Waals surface area contributed by atoms with Crippen LogP contribution in [0.2, 0.25) is 0 Å². The highest BCUT2D eigenvalue weighted by atomic mass is 32.2. The first-order chi connectivity index (χ1) is 16.2. The number of hydrogen-bond donors (Lipinski definition) is 1. The van der Waals surface area contributed by atoms with E-state index in [0.29, 0.717) is 28.8 Å². The zero-order chi connectivity index (χ0) is 24.0. The molecule has 176 valence electrons. The molecule has 2 aliphatic rings. The third kappa shape index (κ3) is 4.22. The molecule has 1 atom stereocenters. The van der Waals surface area contributed by atoms with Crippen LogP contribution in [0.4, 0.5) is 16.0 Å². The van der Waals surface area contributed by atoms with Crippen molar-refractivity contribution in [2.75, 3.05) is 24.3 Å². The number of thioether (sulfide) groups is 1. The van der Waals surface area contributed by atoms with Gasteiger partial charge in [-0.1, -0.05) is 55.9 Å². The van der Waals surface area contributed by atoms with Crippen molar-refractivity contribution in [2.24, 2.45) is 5.41 Å². The van der Waals surface area contributed by atoms with E-state index in [2.05, 4.69) is 43.4 Å². The number of fused-ring (bicyclic) bond motifs is 1. The number of benzene rings is 2. The molecule has 0 spiro atoms. The van der Waals surface area contributed by atoms with Crippen molar-refractivity contribution in [2.45, 2.75) is 43.6 Å². The van der Waals surface area contributed by atoms with E-state index in [0.717, 1.165) is 28.9 Å². The van der Waals surface area contributed by atoms with Crippen molar-refractivity contribution < 1.29 is 9.18 Å². The van der Waals surface area contributed by atoms with Gasteiger partial charge in [0.15, 0.2) is 5.78 Å². The Morgan fingerprint density at radius 1 is 1.15 bits per heavy atom. The molecule has 0 fully saturated rings. The van der Waals surface area contributed by atoms with E-state index in [1.807, 2.05) is 29.7 Å². The molecular formula is C26H28FN5OS. The molecule has 0 saturated heterocycles. The lowest BCUT2D eigenvalue weighted by molar-refractivity contribution is -0.118. The summed E-state index contributed by atoms with van der Waals surface area (Å²) in [4.78, 5) is 20.1. The number of carbonyl (C=O) groups excluding carboxylic acids is 1. The summed E-state index contributed by atoms with van der Waals surface area (Å²) >= 11 is 1.39. The molecule has 3 aromatic rings. The first-order valence-electron chi connectivity index (χ1n) is 11.4. The van der Waals surface area contributed by atoms with Gasteiger partial charge in [-0.15, -0.1) is 5.10 Å². The van der Waals surface area contributed by atoms with E-state index in [1.165, 1.54) is 17.8 Å². The molecule has 5 rings (SSSR count). The second-order valence-corrected chi connectivity index (χ2v) is 10.8. The normalized spacial score (nSPS) is 18.9. The van der Waals surface area contributed by atoms with Gasteiger partial charge in [0.1, 0.15) is 11.9 Å². The van der Waals surface area contributed by atoms with Gasteiger partial charge >= 0.3 is 0 Å². The predicted molar refractivity (Wildman–Crippen MR) is 134 cm³/mol. The second-order valence-electron chi connectivity index (χ2n) is 9.89. The number of rotatable bonds is 5. The van der Waals surface area contributed by atoms with Crippen molar-refractivity contribution in [1.29, 1.82) is 0 Å². The number of aromatic nitrogens is 3. The molecule has 0 amide bonds. The summed E-state index contributed by atoms with van der Waals surface area (Å²) in [5.74, 6) is 0.947. The minimum absolute atomic E-state index is 0.118. The summed E-state index contributed by atoms with van der Waals surface area (Å²) in [7, 11) is 4.00. The smallest absolute Gasteiger partial charge is 0.227 e. The number of anilines is 2. The summed E-state index contributed by atoms with van der Waals surface area (Å²) in [6, 6.07) is 14.6. The summed E-state index contributed by atoms with van der Waals surface area (Å²) in [6.45, 7) is 4.23. The minimum Gasteiger partial charge on any atom is -0.378 e. The van der Waals surface area contributed by atoms with Crippen LogP contribution in [-0.2, 0) is 10.5 Å². The topological polar surface area (TPSA) is 63.1 Å². The highest BCUT2D eigenvalue weighted by molar-refractivity contribution is 7.98. The zero-order valence-corrected chi connectivity index (χ0v) is 20.6. The Balaban J connectivity index is 1.53. The molecule has 1 N–H and O–H groups in total. The Kier molecular flexibility index (Phi) is 5.72. The van der Waals surface area contributed by atoms with Crippen LogP contribution in [0.25, 0.3) is 0 Å². The molecule has 2 heterocycles. The molecule has 1 unspecified atom stereocenters. The van der Waals surface area contributed by atoms with Gasteiger partial charge in [-0.25, -0.2) is 9.07 Å². The van der Waals surface area contributed by atoms with E-state index in [4.69, 9.17) is 10.1 Å². The van der Waals surface area contributed by atoms with Crippen molar-refractivity contribution in [1.82, 2.24) is 14.8 Å². The second kappa shape index (κ2) is 8.58. The van der Waals surface area contributed by atoms with Crippen molar-refractivity contribution >= 4 is 29.2 Å². The molecule has 6 nitrogen and oxygen atoms in total. The Bertz CT molecular complexity index is 1280. The SMILES string of the molecule is CN(C)c1ccc(C2C3=C(CC(C)(C)CC3=O)Nc3nc(SCc4ccccc4F)nn32)cc1. The number of Topliss-reactive ketones (excluding diaryl/α,β-unsaturated/α-hetero) is 1. The molecule has 2 aromatic carbocycles. The molecule has 1 aliphatic carbocycles. The van der Waals surface area contributed by atoms with Gasteiger partial charge in [-0.3, -0.25) is 4.79 Å². The average Bonchev–Trinajstić information content (AvgIpc) is 3.19. The highest BCUT2D eigenvalue weighted by Crippen LogP contribution is 2.45. The van der Waals surface area contributed by atoms with Crippen molar-refractivity contribution in [3.05, 3.63) is 76.7 Å². The zero-order valence-electron chi connectivity index (χ0n) is 19.8. The fourth-order valence-electron chi connectivity index (χ4n) is 4.67. The summed E-state index contributed by atoms with van der Waals surface area (Å²) < 4.78 is 15.9. The van der Waals surface area contributed by atoms with E-state index >= 15 is 0 Å². The summed E-state index contributed by atoms with van der Waals surface area (Å²) in [5.41, 5.74) is 4.26. The lowest BCUT2D eigenvalue weighted by atomic mass is 9.73. The lowest BCUT2D eigenvalue weighted by Crippen LogP contribution is -2.36. The minimum atomic E-state index is -0.346. The number of nitrogens with zero attached hydrogens (tertiary/aromatic N) is 4.